The second kappa shape index (κ2) is 6.56. The van der Waals surface area contributed by atoms with Crippen molar-refractivity contribution in [1.82, 2.24) is 10.3 Å². The van der Waals surface area contributed by atoms with Gasteiger partial charge in [-0.1, -0.05) is 17.7 Å². The summed E-state index contributed by atoms with van der Waals surface area (Å²) in [6.07, 6.45) is 4.64. The van der Waals surface area contributed by atoms with Gasteiger partial charge in [0.15, 0.2) is 9.84 Å². The molecule has 0 aliphatic heterocycles. The molecule has 0 radical (unpaired) electrons. The number of nitrogens with zero attached hydrogens (tertiary/aromatic N) is 1. The standard InChI is InChI=1S/C15H17ClN2O2S/c1-11(12-6-8-17-9-7-12)18-10-13-14(16)4-3-5-15(13)21(2,19)20/h3-9,11,18H,10H2,1-2H3/t11-/m0/s1. The van der Waals surface area contributed by atoms with E-state index in [1.54, 1.807) is 30.6 Å². The van der Waals surface area contributed by atoms with Gasteiger partial charge in [-0.2, -0.15) is 0 Å². The Kier molecular flexibility index (Phi) is 4.98. The van der Waals surface area contributed by atoms with Crippen LogP contribution in [0.15, 0.2) is 47.6 Å². The third kappa shape index (κ3) is 4.03. The molecule has 0 unspecified atom stereocenters. The van der Waals surface area contributed by atoms with E-state index in [0.717, 1.165) is 5.56 Å². The molecule has 0 aliphatic rings. The van der Waals surface area contributed by atoms with E-state index in [-0.39, 0.29) is 10.9 Å². The molecule has 1 aromatic heterocycles. The van der Waals surface area contributed by atoms with E-state index in [0.29, 0.717) is 17.1 Å². The molecule has 0 spiro atoms. The summed E-state index contributed by atoms with van der Waals surface area (Å²) in [5.74, 6) is 0. The fraction of sp³-hybridized carbons (Fsp3) is 0.267. The monoisotopic (exact) mass is 324 g/mol. The van der Waals surface area contributed by atoms with E-state index < -0.39 is 9.84 Å². The number of hydrogen-bond acceptors (Lipinski definition) is 4. The normalized spacial score (nSPS) is 13.1. The van der Waals surface area contributed by atoms with Crippen LogP contribution in [0.25, 0.3) is 0 Å². The topological polar surface area (TPSA) is 59.1 Å². The van der Waals surface area contributed by atoms with Crippen LogP contribution >= 0.6 is 11.6 Å². The fourth-order valence-corrected chi connectivity index (χ4v) is 3.34. The summed E-state index contributed by atoms with van der Waals surface area (Å²) in [6, 6.07) is 8.83. The van der Waals surface area contributed by atoms with Crippen LogP contribution in [0.1, 0.15) is 24.1 Å². The van der Waals surface area contributed by atoms with E-state index in [9.17, 15) is 8.42 Å². The Morgan fingerprint density at radius 2 is 1.90 bits per heavy atom. The summed E-state index contributed by atoms with van der Waals surface area (Å²) in [7, 11) is -3.30. The number of halogens is 1. The van der Waals surface area contributed by atoms with Crippen LogP contribution in [-0.2, 0) is 16.4 Å². The Labute approximate surface area is 130 Å². The third-order valence-electron chi connectivity index (χ3n) is 3.27. The van der Waals surface area contributed by atoms with E-state index in [1.807, 2.05) is 19.1 Å². The SMILES string of the molecule is C[C@H](NCc1c(Cl)cccc1S(C)(=O)=O)c1ccncc1. The molecule has 1 aromatic carbocycles. The minimum absolute atomic E-state index is 0.0664. The highest BCUT2D eigenvalue weighted by Gasteiger charge is 2.16. The Balaban J connectivity index is 2.21. The van der Waals surface area contributed by atoms with Crippen molar-refractivity contribution in [3.63, 3.8) is 0 Å². The van der Waals surface area contributed by atoms with Crippen molar-refractivity contribution in [2.75, 3.05) is 6.26 Å². The maximum Gasteiger partial charge on any atom is 0.175 e. The highest BCUT2D eigenvalue weighted by atomic mass is 35.5. The molecule has 0 aliphatic carbocycles. The number of hydrogen-bond donors (Lipinski definition) is 1. The Morgan fingerprint density at radius 1 is 1.24 bits per heavy atom. The number of pyridine rings is 1. The van der Waals surface area contributed by atoms with Gasteiger partial charge >= 0.3 is 0 Å². The minimum Gasteiger partial charge on any atom is -0.306 e. The number of nitrogens with one attached hydrogen (secondary N) is 1. The molecule has 0 fully saturated rings. The third-order valence-corrected chi connectivity index (χ3v) is 4.80. The molecule has 0 bridgehead atoms. The molecule has 2 aromatic rings. The molecular weight excluding hydrogens is 308 g/mol. The van der Waals surface area contributed by atoms with E-state index in [2.05, 4.69) is 10.3 Å². The van der Waals surface area contributed by atoms with Crippen LogP contribution in [0.4, 0.5) is 0 Å². The van der Waals surface area contributed by atoms with Crippen LogP contribution < -0.4 is 5.32 Å². The predicted octanol–water partition coefficient (Wildman–Crippen LogP) is 2.99. The van der Waals surface area contributed by atoms with E-state index in [1.165, 1.54) is 6.26 Å². The first kappa shape index (κ1) is 15.9. The summed E-state index contributed by atoms with van der Waals surface area (Å²) in [5.41, 5.74) is 1.68. The van der Waals surface area contributed by atoms with Crippen molar-refractivity contribution in [3.8, 4) is 0 Å². The molecule has 0 amide bonds. The van der Waals surface area contributed by atoms with Crippen LogP contribution in [0.5, 0.6) is 0 Å². The molecule has 112 valence electrons. The molecule has 0 saturated heterocycles. The summed E-state index contributed by atoms with van der Waals surface area (Å²) < 4.78 is 23.7. The van der Waals surface area contributed by atoms with Gasteiger partial charge in [0.1, 0.15) is 0 Å². The van der Waals surface area contributed by atoms with Crippen LogP contribution in [0.2, 0.25) is 5.02 Å². The van der Waals surface area contributed by atoms with Crippen molar-refractivity contribution in [2.45, 2.75) is 24.4 Å². The summed E-state index contributed by atoms with van der Waals surface area (Å²) in [6.45, 7) is 2.39. The van der Waals surface area contributed by atoms with E-state index >= 15 is 0 Å². The summed E-state index contributed by atoms with van der Waals surface area (Å²) in [4.78, 5) is 4.25. The average Bonchev–Trinajstić information content (AvgIpc) is 2.45. The maximum absolute atomic E-state index is 11.8. The lowest BCUT2D eigenvalue weighted by Crippen LogP contribution is -2.20. The van der Waals surface area contributed by atoms with Crippen LogP contribution in [0, 0.1) is 0 Å². The molecule has 1 heterocycles. The smallest absolute Gasteiger partial charge is 0.175 e. The lowest BCUT2D eigenvalue weighted by Gasteiger charge is -2.16. The van der Waals surface area contributed by atoms with Crippen molar-refractivity contribution in [1.29, 1.82) is 0 Å². The fourth-order valence-electron chi connectivity index (χ4n) is 2.08. The molecule has 0 saturated carbocycles. The van der Waals surface area contributed by atoms with Crippen molar-refractivity contribution in [3.05, 3.63) is 58.9 Å². The van der Waals surface area contributed by atoms with Gasteiger partial charge < -0.3 is 5.32 Å². The van der Waals surface area contributed by atoms with Crippen molar-refractivity contribution < 1.29 is 8.42 Å². The number of aromatic nitrogens is 1. The molecule has 4 nitrogen and oxygen atoms in total. The second-order valence-corrected chi connectivity index (χ2v) is 7.26. The predicted molar refractivity (Wildman–Crippen MR) is 84.1 cm³/mol. The molecule has 21 heavy (non-hydrogen) atoms. The Bertz CT molecular complexity index is 718. The van der Waals surface area contributed by atoms with Gasteiger partial charge in [-0.3, -0.25) is 4.98 Å². The lowest BCUT2D eigenvalue weighted by molar-refractivity contribution is 0.565. The average molecular weight is 325 g/mol. The Hall–Kier alpha value is -1.43. The summed E-state index contributed by atoms with van der Waals surface area (Å²) in [5, 5.41) is 3.74. The number of rotatable bonds is 5. The van der Waals surface area contributed by atoms with Crippen LogP contribution in [-0.4, -0.2) is 19.7 Å². The first-order valence-electron chi connectivity index (χ1n) is 6.50. The van der Waals surface area contributed by atoms with Gasteiger partial charge in [0, 0.05) is 41.8 Å². The molecule has 2 rings (SSSR count). The lowest BCUT2D eigenvalue weighted by atomic mass is 10.1. The summed E-state index contributed by atoms with van der Waals surface area (Å²) >= 11 is 6.15. The zero-order valence-electron chi connectivity index (χ0n) is 11.9. The second-order valence-electron chi connectivity index (χ2n) is 4.87. The molecular formula is C15H17ClN2O2S. The van der Waals surface area contributed by atoms with Crippen molar-refractivity contribution >= 4 is 21.4 Å². The van der Waals surface area contributed by atoms with Gasteiger partial charge in [-0.25, -0.2) is 8.42 Å². The zero-order chi connectivity index (χ0) is 15.5. The number of benzene rings is 1. The highest BCUT2D eigenvalue weighted by Crippen LogP contribution is 2.24. The minimum atomic E-state index is -3.30. The maximum atomic E-state index is 11.8. The van der Waals surface area contributed by atoms with Crippen LogP contribution in [0.3, 0.4) is 0 Å². The molecule has 1 atom stereocenters. The zero-order valence-corrected chi connectivity index (χ0v) is 13.4. The van der Waals surface area contributed by atoms with Gasteiger partial charge in [0.05, 0.1) is 4.90 Å². The quantitative estimate of drug-likeness (QED) is 0.918. The molecule has 6 heteroatoms. The van der Waals surface area contributed by atoms with E-state index in [4.69, 9.17) is 11.6 Å². The molecule has 1 N–H and O–H groups in total. The van der Waals surface area contributed by atoms with Gasteiger partial charge in [0.2, 0.25) is 0 Å². The Morgan fingerprint density at radius 3 is 2.52 bits per heavy atom. The van der Waals surface area contributed by atoms with Gasteiger partial charge in [-0.15, -0.1) is 0 Å². The first-order chi connectivity index (χ1) is 9.89. The first-order valence-corrected chi connectivity index (χ1v) is 8.77. The van der Waals surface area contributed by atoms with Crippen molar-refractivity contribution in [2.24, 2.45) is 0 Å². The largest absolute Gasteiger partial charge is 0.306 e. The highest BCUT2D eigenvalue weighted by molar-refractivity contribution is 7.90. The number of sulfone groups is 1. The van der Waals surface area contributed by atoms with Gasteiger partial charge in [-0.05, 0) is 36.8 Å². The van der Waals surface area contributed by atoms with Gasteiger partial charge in [0.25, 0.3) is 0 Å².